The third-order valence-electron chi connectivity index (χ3n) is 3.01. The molecule has 0 saturated carbocycles. The van der Waals surface area contributed by atoms with Crippen LogP contribution >= 0.6 is 0 Å². The van der Waals surface area contributed by atoms with Crippen molar-refractivity contribution in [3.05, 3.63) is 29.6 Å². The minimum Gasteiger partial charge on any atom is -0.364 e. The van der Waals surface area contributed by atoms with Crippen LogP contribution in [0.25, 0.3) is 0 Å². The molecule has 2 N–H and O–H groups in total. The molecule has 0 spiro atoms. The van der Waals surface area contributed by atoms with Crippen LogP contribution < -0.4 is 5.73 Å². The fourth-order valence-electron chi connectivity index (χ4n) is 1.88. The van der Waals surface area contributed by atoms with Gasteiger partial charge in [0.05, 0.1) is 5.56 Å². The number of hydrogen-bond acceptors (Lipinski definition) is 4. The molecule has 0 bridgehead atoms. The van der Waals surface area contributed by atoms with Gasteiger partial charge in [-0.25, -0.2) is 0 Å². The highest BCUT2D eigenvalue weighted by atomic mass is 16.2. The van der Waals surface area contributed by atoms with Crippen LogP contribution in [0.1, 0.15) is 20.8 Å². The van der Waals surface area contributed by atoms with Crippen molar-refractivity contribution in [2.24, 2.45) is 5.73 Å². The van der Waals surface area contributed by atoms with Gasteiger partial charge in [0.15, 0.2) is 0 Å². The second-order valence-electron chi connectivity index (χ2n) is 4.23. The van der Waals surface area contributed by atoms with Crippen LogP contribution in [0.15, 0.2) is 18.3 Å². The molecule has 1 aliphatic heterocycles. The topological polar surface area (TPSA) is 96.6 Å². The first-order chi connectivity index (χ1) is 9.11. The highest BCUT2D eigenvalue weighted by Crippen LogP contribution is 2.08. The summed E-state index contributed by atoms with van der Waals surface area (Å²) in [6, 6.07) is 2.96. The van der Waals surface area contributed by atoms with E-state index >= 15 is 0 Å². The first-order valence-electron chi connectivity index (χ1n) is 5.86. The zero-order valence-electron chi connectivity index (χ0n) is 10.3. The first kappa shape index (κ1) is 13.0. The quantitative estimate of drug-likeness (QED) is 0.713. The molecule has 0 aromatic carbocycles. The van der Waals surface area contributed by atoms with E-state index in [9.17, 15) is 14.4 Å². The van der Waals surface area contributed by atoms with Crippen molar-refractivity contribution in [3.8, 4) is 0 Å². The number of hydrogen-bond donors (Lipinski definition) is 1. The average Bonchev–Trinajstić information content (AvgIpc) is 2.46. The lowest BCUT2D eigenvalue weighted by molar-refractivity contribution is -0.119. The Bertz CT molecular complexity index is 492. The molecule has 0 aliphatic carbocycles. The van der Waals surface area contributed by atoms with Crippen LogP contribution in [0.2, 0.25) is 0 Å². The maximum absolute atomic E-state index is 12.1. The van der Waals surface area contributed by atoms with E-state index in [2.05, 4.69) is 4.98 Å². The molecule has 7 heteroatoms. The summed E-state index contributed by atoms with van der Waals surface area (Å²) in [6.45, 7) is 2.05. The van der Waals surface area contributed by atoms with Crippen molar-refractivity contribution < 1.29 is 14.4 Å². The van der Waals surface area contributed by atoms with Gasteiger partial charge in [-0.3, -0.25) is 19.4 Å². The number of carbonyl (C=O) groups excluding carboxylic acids is 3. The Morgan fingerprint density at radius 3 is 2.37 bits per heavy atom. The van der Waals surface area contributed by atoms with Gasteiger partial charge < -0.3 is 15.5 Å². The number of amides is 3. The van der Waals surface area contributed by atoms with Crippen molar-refractivity contribution in [2.45, 2.75) is 0 Å². The van der Waals surface area contributed by atoms with E-state index in [1.807, 2.05) is 0 Å². The van der Waals surface area contributed by atoms with Crippen LogP contribution in [-0.4, -0.2) is 59.2 Å². The third kappa shape index (κ3) is 2.87. The molecule has 7 nitrogen and oxygen atoms in total. The van der Waals surface area contributed by atoms with Gasteiger partial charge in [-0.1, -0.05) is 0 Å². The number of nitrogens with zero attached hydrogens (tertiary/aromatic N) is 3. The highest BCUT2D eigenvalue weighted by molar-refractivity contribution is 5.95. The molecule has 2 heterocycles. The van der Waals surface area contributed by atoms with Crippen molar-refractivity contribution in [1.82, 2.24) is 14.8 Å². The molecule has 1 aromatic rings. The van der Waals surface area contributed by atoms with Crippen molar-refractivity contribution in [1.29, 1.82) is 0 Å². The largest absolute Gasteiger partial charge is 0.364 e. The summed E-state index contributed by atoms with van der Waals surface area (Å²) in [4.78, 5) is 40.7. The van der Waals surface area contributed by atoms with Gasteiger partial charge in [0.1, 0.15) is 5.69 Å². The van der Waals surface area contributed by atoms with Gasteiger partial charge in [0.25, 0.3) is 11.8 Å². The fraction of sp³-hybridized carbons (Fsp3) is 0.333. The first-order valence-corrected chi connectivity index (χ1v) is 5.86. The average molecular weight is 262 g/mol. The summed E-state index contributed by atoms with van der Waals surface area (Å²) in [5, 5.41) is 0. The molecular weight excluding hydrogens is 248 g/mol. The number of nitrogens with two attached hydrogens (primary N) is 1. The standard InChI is InChI=1S/C12H14N4O3/c13-11(18)10-2-1-9(7-14-10)12(19)16-5-3-15(8-17)4-6-16/h1-2,7-8H,3-6H2,(H2,13,18). The lowest BCUT2D eigenvalue weighted by Crippen LogP contribution is -2.48. The van der Waals surface area contributed by atoms with Gasteiger partial charge in [-0.2, -0.15) is 0 Å². The molecule has 1 fully saturated rings. The summed E-state index contributed by atoms with van der Waals surface area (Å²) >= 11 is 0. The molecule has 1 aromatic heterocycles. The van der Waals surface area contributed by atoms with Gasteiger partial charge in [0.2, 0.25) is 6.41 Å². The molecule has 19 heavy (non-hydrogen) atoms. The van der Waals surface area contributed by atoms with Crippen LogP contribution in [0.4, 0.5) is 0 Å². The Hall–Kier alpha value is -2.44. The summed E-state index contributed by atoms with van der Waals surface area (Å²) in [6.07, 6.45) is 2.12. The molecule has 100 valence electrons. The lowest BCUT2D eigenvalue weighted by Gasteiger charge is -2.32. The van der Waals surface area contributed by atoms with Crippen molar-refractivity contribution in [2.75, 3.05) is 26.2 Å². The van der Waals surface area contributed by atoms with Crippen molar-refractivity contribution >= 4 is 18.2 Å². The number of piperazine rings is 1. The Morgan fingerprint density at radius 2 is 1.89 bits per heavy atom. The zero-order chi connectivity index (χ0) is 13.8. The summed E-state index contributed by atoms with van der Waals surface area (Å²) < 4.78 is 0. The van der Waals surface area contributed by atoms with E-state index in [0.717, 1.165) is 6.41 Å². The fourth-order valence-corrected chi connectivity index (χ4v) is 1.88. The molecule has 1 saturated heterocycles. The van der Waals surface area contributed by atoms with E-state index < -0.39 is 5.91 Å². The summed E-state index contributed by atoms with van der Waals surface area (Å²) in [5.74, 6) is -0.785. The normalized spacial score (nSPS) is 15.2. The van der Waals surface area contributed by atoms with Crippen molar-refractivity contribution in [3.63, 3.8) is 0 Å². The number of pyridine rings is 1. The second-order valence-corrected chi connectivity index (χ2v) is 4.23. The molecule has 0 unspecified atom stereocenters. The van der Waals surface area contributed by atoms with E-state index in [1.54, 1.807) is 9.80 Å². The summed E-state index contributed by atoms with van der Waals surface area (Å²) in [7, 11) is 0. The monoisotopic (exact) mass is 262 g/mol. The molecule has 3 amide bonds. The van der Waals surface area contributed by atoms with Crippen LogP contribution in [0, 0.1) is 0 Å². The Balaban J connectivity index is 2.04. The minimum atomic E-state index is -0.626. The second kappa shape index (κ2) is 5.47. The molecule has 1 aliphatic rings. The van der Waals surface area contributed by atoms with Gasteiger partial charge in [0, 0.05) is 32.4 Å². The van der Waals surface area contributed by atoms with E-state index in [4.69, 9.17) is 5.73 Å². The Kier molecular flexibility index (Phi) is 3.74. The van der Waals surface area contributed by atoms with Crippen LogP contribution in [-0.2, 0) is 4.79 Å². The predicted octanol–water partition coefficient (Wildman–Crippen LogP) is -0.905. The Morgan fingerprint density at radius 1 is 1.21 bits per heavy atom. The van der Waals surface area contributed by atoms with E-state index in [-0.39, 0.29) is 11.6 Å². The minimum absolute atomic E-state index is 0.127. The van der Waals surface area contributed by atoms with Crippen LogP contribution in [0.5, 0.6) is 0 Å². The molecule has 0 atom stereocenters. The van der Waals surface area contributed by atoms with Gasteiger partial charge >= 0.3 is 0 Å². The zero-order valence-corrected chi connectivity index (χ0v) is 10.3. The highest BCUT2D eigenvalue weighted by Gasteiger charge is 2.21. The third-order valence-corrected chi connectivity index (χ3v) is 3.01. The van der Waals surface area contributed by atoms with Gasteiger partial charge in [-0.15, -0.1) is 0 Å². The summed E-state index contributed by atoms with van der Waals surface area (Å²) in [5.41, 5.74) is 5.61. The Labute approximate surface area is 110 Å². The number of rotatable bonds is 3. The smallest absolute Gasteiger partial charge is 0.267 e. The van der Waals surface area contributed by atoms with Crippen LogP contribution in [0.3, 0.4) is 0 Å². The maximum atomic E-state index is 12.1. The molecule has 2 rings (SSSR count). The SMILES string of the molecule is NC(=O)c1ccc(C(=O)N2CCN(C=O)CC2)cn1. The molecular formula is C12H14N4O3. The lowest BCUT2D eigenvalue weighted by atomic mass is 10.2. The van der Waals surface area contributed by atoms with E-state index in [0.29, 0.717) is 31.7 Å². The molecule has 0 radical (unpaired) electrons. The maximum Gasteiger partial charge on any atom is 0.267 e. The number of carbonyl (C=O) groups is 3. The van der Waals surface area contributed by atoms with E-state index in [1.165, 1.54) is 18.3 Å². The predicted molar refractivity (Wildman–Crippen MR) is 66.3 cm³/mol. The van der Waals surface area contributed by atoms with Gasteiger partial charge in [-0.05, 0) is 12.1 Å². The number of aromatic nitrogens is 1. The number of primary amides is 1.